The minimum atomic E-state index is -3.86. The Kier molecular flexibility index (Phi) is 6.82. The quantitative estimate of drug-likeness (QED) is 0.573. The molecule has 0 saturated carbocycles. The van der Waals surface area contributed by atoms with Crippen molar-refractivity contribution < 1.29 is 22.7 Å². The Bertz CT molecular complexity index is 1170. The van der Waals surface area contributed by atoms with Crippen LogP contribution in [0.15, 0.2) is 64.4 Å². The Morgan fingerprint density at radius 2 is 1.65 bits per heavy atom. The zero-order valence-corrected chi connectivity index (χ0v) is 18.8. The van der Waals surface area contributed by atoms with Crippen LogP contribution < -0.4 is 10.1 Å². The molecule has 2 aromatic carbocycles. The van der Waals surface area contributed by atoms with Crippen LogP contribution in [0.5, 0.6) is 5.75 Å². The second-order valence-electron chi connectivity index (χ2n) is 7.03. The number of ether oxygens (including phenoxy) is 2. The Morgan fingerprint density at radius 3 is 2.23 bits per heavy atom. The fourth-order valence-electron chi connectivity index (χ4n) is 3.39. The summed E-state index contributed by atoms with van der Waals surface area (Å²) in [7, 11) is -0.744. The summed E-state index contributed by atoms with van der Waals surface area (Å²) in [6, 6.07) is 14.8. The third kappa shape index (κ3) is 4.50. The van der Waals surface area contributed by atoms with Crippen molar-refractivity contribution in [2.75, 3.05) is 26.1 Å². The Morgan fingerprint density at radius 1 is 1.00 bits per heavy atom. The highest BCUT2D eigenvalue weighted by Crippen LogP contribution is 2.35. The molecular weight excluding hydrogens is 416 g/mol. The fourth-order valence-corrected chi connectivity index (χ4v) is 5.11. The molecule has 0 fully saturated rings. The van der Waals surface area contributed by atoms with Gasteiger partial charge in [0.1, 0.15) is 16.5 Å². The molecule has 0 spiro atoms. The lowest BCUT2D eigenvalue weighted by Gasteiger charge is -2.14. The first-order chi connectivity index (χ1) is 14.8. The number of amides is 1. The lowest BCUT2D eigenvalue weighted by Crippen LogP contribution is -2.19. The molecule has 1 aromatic heterocycles. The summed E-state index contributed by atoms with van der Waals surface area (Å²) in [5.74, 6) is 0.444. The molecular formula is C23H26N2O5S. The lowest BCUT2D eigenvalue weighted by atomic mass is 10.2. The number of methoxy groups -OCH3 is 2. The van der Waals surface area contributed by atoms with Crippen LogP contribution in [-0.2, 0) is 21.1 Å². The van der Waals surface area contributed by atoms with Gasteiger partial charge in [0.15, 0.2) is 0 Å². The second kappa shape index (κ2) is 9.36. The van der Waals surface area contributed by atoms with Crippen molar-refractivity contribution >= 4 is 21.6 Å². The van der Waals surface area contributed by atoms with Crippen LogP contribution in [0.3, 0.4) is 0 Å². The van der Waals surface area contributed by atoms with E-state index in [-0.39, 0.29) is 15.6 Å². The molecule has 0 aliphatic carbocycles. The predicted molar refractivity (Wildman–Crippen MR) is 119 cm³/mol. The molecule has 3 aromatic rings. The number of sulfone groups is 1. The van der Waals surface area contributed by atoms with Gasteiger partial charge in [0.05, 0.1) is 18.6 Å². The summed E-state index contributed by atoms with van der Waals surface area (Å²) in [5, 5.41) is 2.83. The van der Waals surface area contributed by atoms with Gasteiger partial charge < -0.3 is 19.4 Å². The van der Waals surface area contributed by atoms with E-state index in [0.717, 1.165) is 5.69 Å². The van der Waals surface area contributed by atoms with E-state index in [1.165, 1.54) is 0 Å². The molecule has 0 aliphatic heterocycles. The van der Waals surface area contributed by atoms with Crippen LogP contribution in [0.25, 0.3) is 0 Å². The van der Waals surface area contributed by atoms with Crippen molar-refractivity contribution in [3.8, 4) is 5.75 Å². The van der Waals surface area contributed by atoms with Gasteiger partial charge in [0.25, 0.3) is 5.91 Å². The molecule has 8 heteroatoms. The molecule has 1 N–H and O–H groups in total. The van der Waals surface area contributed by atoms with Crippen LogP contribution >= 0.6 is 0 Å². The first kappa shape index (κ1) is 22.6. The number of benzene rings is 2. The van der Waals surface area contributed by atoms with E-state index >= 15 is 0 Å². The van der Waals surface area contributed by atoms with E-state index in [2.05, 4.69) is 5.32 Å². The van der Waals surface area contributed by atoms with Crippen molar-refractivity contribution in [1.82, 2.24) is 4.57 Å². The number of anilines is 1. The van der Waals surface area contributed by atoms with Gasteiger partial charge in [-0.15, -0.1) is 0 Å². The average molecular weight is 443 g/mol. The topological polar surface area (TPSA) is 86.6 Å². The molecule has 0 atom stereocenters. The van der Waals surface area contributed by atoms with Gasteiger partial charge in [-0.25, -0.2) is 8.42 Å². The smallest absolute Gasteiger partial charge is 0.256 e. The number of rotatable bonds is 8. The number of nitrogens with one attached hydrogen (secondary N) is 1. The summed E-state index contributed by atoms with van der Waals surface area (Å²) in [4.78, 5) is 13.2. The maximum Gasteiger partial charge on any atom is 0.256 e. The number of hydrogen-bond acceptors (Lipinski definition) is 5. The van der Waals surface area contributed by atoms with Gasteiger partial charge in [-0.1, -0.05) is 18.2 Å². The SMILES string of the molecule is COCCn1c(C)c(C)c(S(=O)(=O)c2ccccc2)c1NC(=O)c1ccc(OC)cc1. The molecule has 0 bridgehead atoms. The zero-order chi connectivity index (χ0) is 22.6. The van der Waals surface area contributed by atoms with Crippen molar-refractivity contribution in [1.29, 1.82) is 0 Å². The highest BCUT2D eigenvalue weighted by atomic mass is 32.2. The van der Waals surface area contributed by atoms with Gasteiger partial charge in [-0.2, -0.15) is 0 Å². The summed E-state index contributed by atoms with van der Waals surface area (Å²) < 4.78 is 39.1. The highest BCUT2D eigenvalue weighted by molar-refractivity contribution is 7.91. The number of carbonyl (C=O) groups is 1. The van der Waals surface area contributed by atoms with E-state index in [4.69, 9.17) is 9.47 Å². The molecule has 0 unspecified atom stereocenters. The summed E-state index contributed by atoms with van der Waals surface area (Å²) in [5.41, 5.74) is 1.72. The minimum Gasteiger partial charge on any atom is -0.497 e. The van der Waals surface area contributed by atoms with Gasteiger partial charge >= 0.3 is 0 Å². The molecule has 3 rings (SSSR count). The zero-order valence-electron chi connectivity index (χ0n) is 18.0. The molecule has 0 saturated heterocycles. The lowest BCUT2D eigenvalue weighted by molar-refractivity contribution is 0.102. The Hall–Kier alpha value is -3.10. The third-order valence-corrected chi connectivity index (χ3v) is 7.13. The summed E-state index contributed by atoms with van der Waals surface area (Å²) in [6.07, 6.45) is 0. The Labute approximate surface area is 182 Å². The van der Waals surface area contributed by atoms with Crippen LogP contribution in [0.2, 0.25) is 0 Å². The van der Waals surface area contributed by atoms with Crippen LogP contribution in [0.1, 0.15) is 21.6 Å². The second-order valence-corrected chi connectivity index (χ2v) is 8.92. The number of nitrogens with zero attached hydrogens (tertiary/aromatic N) is 1. The average Bonchev–Trinajstić information content (AvgIpc) is 3.02. The van der Waals surface area contributed by atoms with E-state index in [1.54, 1.807) is 80.3 Å². The molecule has 31 heavy (non-hydrogen) atoms. The van der Waals surface area contributed by atoms with Crippen LogP contribution in [0.4, 0.5) is 5.82 Å². The molecule has 0 aliphatic rings. The van der Waals surface area contributed by atoms with Gasteiger partial charge in [-0.05, 0) is 55.8 Å². The predicted octanol–water partition coefficient (Wildman–Crippen LogP) is 3.85. The number of hydrogen-bond donors (Lipinski definition) is 1. The van der Waals surface area contributed by atoms with E-state index in [0.29, 0.717) is 30.0 Å². The largest absolute Gasteiger partial charge is 0.497 e. The van der Waals surface area contributed by atoms with Crippen molar-refractivity contribution in [3.63, 3.8) is 0 Å². The standard InChI is InChI=1S/C23H26N2O5S/c1-16-17(2)25(14-15-29-3)22(21(16)31(27,28)20-8-6-5-7-9-20)24-23(26)18-10-12-19(30-4)13-11-18/h5-13H,14-15H2,1-4H3,(H,24,26). The third-order valence-electron chi connectivity index (χ3n) is 5.20. The van der Waals surface area contributed by atoms with Gasteiger partial charge in [0.2, 0.25) is 9.84 Å². The van der Waals surface area contributed by atoms with Crippen molar-refractivity contribution in [2.45, 2.75) is 30.2 Å². The Balaban J connectivity index is 2.12. The first-order valence-electron chi connectivity index (χ1n) is 9.75. The number of carbonyl (C=O) groups excluding carboxylic acids is 1. The van der Waals surface area contributed by atoms with Crippen molar-refractivity contribution in [2.24, 2.45) is 0 Å². The van der Waals surface area contributed by atoms with Gasteiger partial charge in [0, 0.05) is 24.9 Å². The molecule has 0 radical (unpaired) electrons. The number of aromatic nitrogens is 1. The van der Waals surface area contributed by atoms with Crippen molar-refractivity contribution in [3.05, 3.63) is 71.4 Å². The fraction of sp³-hybridized carbons (Fsp3) is 0.261. The molecule has 164 valence electrons. The minimum absolute atomic E-state index is 0.0918. The normalized spacial score (nSPS) is 11.4. The van der Waals surface area contributed by atoms with Crippen LogP contribution in [-0.4, -0.2) is 39.7 Å². The maximum absolute atomic E-state index is 13.5. The monoisotopic (exact) mass is 442 g/mol. The maximum atomic E-state index is 13.5. The van der Waals surface area contributed by atoms with E-state index in [1.807, 2.05) is 6.92 Å². The summed E-state index contributed by atoms with van der Waals surface area (Å²) >= 11 is 0. The van der Waals surface area contributed by atoms with E-state index < -0.39 is 15.7 Å². The summed E-state index contributed by atoms with van der Waals surface area (Å²) in [6.45, 7) is 4.34. The van der Waals surface area contributed by atoms with Gasteiger partial charge in [-0.3, -0.25) is 4.79 Å². The highest BCUT2D eigenvalue weighted by Gasteiger charge is 2.30. The molecule has 1 heterocycles. The van der Waals surface area contributed by atoms with Crippen LogP contribution in [0, 0.1) is 13.8 Å². The molecule has 1 amide bonds. The van der Waals surface area contributed by atoms with E-state index in [9.17, 15) is 13.2 Å². The molecule has 7 nitrogen and oxygen atoms in total. The first-order valence-corrected chi connectivity index (χ1v) is 11.2.